The third-order valence-electron chi connectivity index (χ3n) is 7.84. The first kappa shape index (κ1) is 36.5. The Bertz CT molecular complexity index is 1370. The summed E-state index contributed by atoms with van der Waals surface area (Å²) in [6, 6.07) is 11.3. The number of carbonyl (C=O) groups excluding carboxylic acids is 2. The molecule has 2 aromatic rings. The minimum atomic E-state index is -1.98. The van der Waals surface area contributed by atoms with Crippen LogP contribution in [-0.2, 0) is 38.5 Å². The van der Waals surface area contributed by atoms with Crippen molar-refractivity contribution in [2.45, 2.75) is 78.0 Å². The van der Waals surface area contributed by atoms with Crippen LogP contribution >= 0.6 is 25.3 Å². The Labute approximate surface area is 277 Å². The summed E-state index contributed by atoms with van der Waals surface area (Å²) in [5.74, 6) is -3.97. The zero-order chi connectivity index (χ0) is 34.8. The Morgan fingerprint density at radius 2 is 0.915 bits per heavy atom. The second-order valence-corrected chi connectivity index (χ2v) is 12.4. The van der Waals surface area contributed by atoms with Crippen LogP contribution in [-0.4, -0.2) is 113 Å². The van der Waals surface area contributed by atoms with Crippen LogP contribution in [0.4, 0.5) is 11.4 Å². The molecule has 0 aromatic heterocycles. The van der Waals surface area contributed by atoms with E-state index in [4.69, 9.17) is 9.47 Å². The number of ether oxygens (including phenoxy) is 2. The van der Waals surface area contributed by atoms with Gasteiger partial charge in [-0.05, 0) is 41.8 Å². The Kier molecular flexibility index (Phi) is 11.2. The molecule has 2 fully saturated rings. The molecule has 0 unspecified atom stereocenters. The molecule has 0 saturated carbocycles. The Balaban J connectivity index is 1.27. The fourth-order valence-corrected chi connectivity index (χ4v) is 6.00. The molecule has 4 rings (SSSR count). The van der Waals surface area contributed by atoms with Crippen LogP contribution in [0.3, 0.4) is 0 Å². The monoisotopic (exact) mass is 698 g/mol. The maximum Gasteiger partial charge on any atom is 0.335 e. The summed E-state index contributed by atoms with van der Waals surface area (Å²) in [6.45, 7) is 0. The number of aliphatic hydroxyl groups excluding tert-OH is 6. The highest BCUT2D eigenvalue weighted by Gasteiger charge is 2.56. The summed E-state index contributed by atoms with van der Waals surface area (Å²) in [4.78, 5) is 43.8. The molecule has 47 heavy (non-hydrogen) atoms. The molecule has 2 aliphatic heterocycles. The van der Waals surface area contributed by atoms with E-state index in [1.807, 2.05) is 0 Å². The van der Waals surface area contributed by atoms with Gasteiger partial charge in [0.25, 0.3) is 0 Å². The zero-order valence-electron chi connectivity index (χ0n) is 24.3. The molecule has 0 spiro atoms. The Hall–Kier alpha value is -3.30. The Morgan fingerprint density at radius 3 is 1.21 bits per heavy atom. The van der Waals surface area contributed by atoms with Crippen molar-refractivity contribution in [3.8, 4) is 0 Å². The summed E-state index contributed by atoms with van der Waals surface area (Å²) in [5, 5.41) is 84.8. The summed E-state index contributed by atoms with van der Waals surface area (Å²) in [6.07, 6.45) is -14.7. The van der Waals surface area contributed by atoms with Crippen molar-refractivity contribution in [3.63, 3.8) is 0 Å². The van der Waals surface area contributed by atoms with Crippen molar-refractivity contribution in [1.82, 2.24) is 0 Å². The highest BCUT2D eigenvalue weighted by Crippen LogP contribution is 2.43. The van der Waals surface area contributed by atoms with E-state index in [2.05, 4.69) is 35.9 Å². The second kappa shape index (κ2) is 14.4. The second-order valence-electron chi connectivity index (χ2n) is 11.1. The van der Waals surface area contributed by atoms with Crippen LogP contribution in [0, 0.1) is 0 Å². The SMILES string of the molecule is O=C(CCCC(=O)Nc1ccc([C@]2(S)O[C@H](C(=O)O)[C@@H](O)[C@H](O)[C@H]2O)cc1)Nc1ccc([C@]2(S)O[C@H](C(=O)O)[C@@H](O)[C@H](O)[C@H]2O)cc1. The van der Waals surface area contributed by atoms with E-state index in [1.165, 1.54) is 48.5 Å². The van der Waals surface area contributed by atoms with E-state index in [0.717, 1.165) is 0 Å². The number of aliphatic carboxylic acids is 2. The molecule has 2 saturated heterocycles. The van der Waals surface area contributed by atoms with Crippen molar-refractivity contribution >= 4 is 60.4 Å². The average molecular weight is 699 g/mol. The van der Waals surface area contributed by atoms with Gasteiger partial charge in [-0.15, -0.1) is 25.3 Å². The molecule has 256 valence electrons. The van der Waals surface area contributed by atoms with Gasteiger partial charge in [-0.3, -0.25) is 9.59 Å². The topological polar surface area (TPSA) is 273 Å². The first-order chi connectivity index (χ1) is 22.0. The molecule has 2 heterocycles. The first-order valence-electron chi connectivity index (χ1n) is 14.1. The molecule has 0 radical (unpaired) electrons. The van der Waals surface area contributed by atoms with Crippen LogP contribution < -0.4 is 10.6 Å². The molecule has 2 aromatic carbocycles. The van der Waals surface area contributed by atoms with Crippen LogP contribution in [0.25, 0.3) is 0 Å². The fraction of sp³-hybridized carbons (Fsp3) is 0.448. The molecule has 2 amide bonds. The minimum absolute atomic E-state index is 0.0346. The molecule has 10 N–H and O–H groups in total. The van der Waals surface area contributed by atoms with Crippen LogP contribution in [0.5, 0.6) is 0 Å². The highest BCUT2D eigenvalue weighted by molar-refractivity contribution is 7.81. The minimum Gasteiger partial charge on any atom is -0.479 e. The lowest BCUT2D eigenvalue weighted by molar-refractivity contribution is -0.241. The van der Waals surface area contributed by atoms with Crippen molar-refractivity contribution < 1.29 is 69.5 Å². The van der Waals surface area contributed by atoms with Gasteiger partial charge in [0.1, 0.15) is 36.6 Å². The summed E-state index contributed by atoms with van der Waals surface area (Å²) in [5.41, 5.74) is 0.959. The standard InChI is InChI=1S/C29H34N2O14S2/c32-16(30-14-8-4-12(5-9-14)28(46)24(38)20(36)18(34)22(44-28)26(40)41)2-1-3-17(33)31-15-10-6-13(7-11-15)29(47)25(39)21(37)19(35)23(45-29)27(42)43/h4-11,18-25,34-39,46-47H,1-3H2,(H,30,32)(H,31,33)(H,40,41)(H,42,43)/t18-,19-,20-,21-,22-,23-,24+,25+,28+,29+/m0/s1. The summed E-state index contributed by atoms with van der Waals surface area (Å²) in [7, 11) is 0. The number of hydrogen-bond donors (Lipinski definition) is 12. The first-order valence-corrected chi connectivity index (χ1v) is 15.0. The summed E-state index contributed by atoms with van der Waals surface area (Å²) < 4.78 is 10.7. The number of carboxylic acid groups (broad SMARTS) is 2. The maximum absolute atomic E-state index is 12.4. The number of amides is 2. The number of thiol groups is 2. The average Bonchev–Trinajstić information content (AvgIpc) is 3.03. The molecule has 2 aliphatic rings. The lowest BCUT2D eigenvalue weighted by atomic mass is 9.90. The smallest absolute Gasteiger partial charge is 0.335 e. The number of aliphatic hydroxyl groups is 6. The molecule has 0 aliphatic carbocycles. The normalized spacial score (nSPS) is 33.9. The van der Waals surface area contributed by atoms with Gasteiger partial charge in [0.2, 0.25) is 11.8 Å². The van der Waals surface area contributed by atoms with Crippen molar-refractivity contribution in [3.05, 3.63) is 59.7 Å². The predicted octanol–water partition coefficient (Wildman–Crippen LogP) is -1.27. The largest absolute Gasteiger partial charge is 0.479 e. The lowest BCUT2D eigenvalue weighted by Gasteiger charge is -2.45. The highest BCUT2D eigenvalue weighted by atomic mass is 32.1. The number of rotatable bonds is 10. The van der Waals surface area contributed by atoms with Crippen molar-refractivity contribution in [2.24, 2.45) is 0 Å². The van der Waals surface area contributed by atoms with Gasteiger partial charge in [-0.25, -0.2) is 9.59 Å². The Morgan fingerprint density at radius 1 is 0.596 bits per heavy atom. The van der Waals surface area contributed by atoms with Gasteiger partial charge >= 0.3 is 11.9 Å². The van der Waals surface area contributed by atoms with Gasteiger partial charge in [0, 0.05) is 24.2 Å². The van der Waals surface area contributed by atoms with E-state index in [-0.39, 0.29) is 30.4 Å². The molecular formula is C29H34N2O14S2. The van der Waals surface area contributed by atoms with E-state index in [9.17, 15) is 60.0 Å². The van der Waals surface area contributed by atoms with E-state index in [1.54, 1.807) is 0 Å². The van der Waals surface area contributed by atoms with E-state index < -0.39 is 82.5 Å². The third kappa shape index (κ3) is 7.56. The summed E-state index contributed by atoms with van der Waals surface area (Å²) >= 11 is 8.52. The molecule has 16 nitrogen and oxygen atoms in total. The lowest BCUT2D eigenvalue weighted by Crippen LogP contribution is -2.62. The van der Waals surface area contributed by atoms with Gasteiger partial charge in [0.15, 0.2) is 22.1 Å². The molecular weight excluding hydrogens is 664 g/mol. The molecule has 18 heteroatoms. The quantitative estimate of drug-likeness (QED) is 0.129. The van der Waals surface area contributed by atoms with Crippen LogP contribution in [0.15, 0.2) is 48.5 Å². The predicted molar refractivity (Wildman–Crippen MR) is 166 cm³/mol. The van der Waals surface area contributed by atoms with Crippen molar-refractivity contribution in [1.29, 1.82) is 0 Å². The zero-order valence-corrected chi connectivity index (χ0v) is 26.1. The maximum atomic E-state index is 12.4. The van der Waals surface area contributed by atoms with E-state index in [0.29, 0.717) is 11.4 Å². The molecule has 10 atom stereocenters. The number of benzene rings is 2. The third-order valence-corrected chi connectivity index (χ3v) is 9.10. The van der Waals surface area contributed by atoms with Gasteiger partial charge in [-0.2, -0.15) is 0 Å². The number of carboxylic acids is 2. The van der Waals surface area contributed by atoms with Crippen LogP contribution in [0.2, 0.25) is 0 Å². The number of carbonyl (C=O) groups is 4. The number of hydrogen-bond acceptors (Lipinski definition) is 14. The van der Waals surface area contributed by atoms with Gasteiger partial charge in [-0.1, -0.05) is 24.3 Å². The van der Waals surface area contributed by atoms with Crippen molar-refractivity contribution in [2.75, 3.05) is 10.6 Å². The van der Waals surface area contributed by atoms with Crippen LogP contribution in [0.1, 0.15) is 30.4 Å². The van der Waals surface area contributed by atoms with E-state index >= 15 is 0 Å². The fourth-order valence-electron chi connectivity index (χ4n) is 5.17. The van der Waals surface area contributed by atoms with Gasteiger partial charge < -0.3 is 61.0 Å². The van der Waals surface area contributed by atoms with Gasteiger partial charge in [0.05, 0.1) is 0 Å². The molecule has 0 bridgehead atoms. The number of nitrogens with one attached hydrogen (secondary N) is 2. The number of anilines is 2.